The lowest BCUT2D eigenvalue weighted by Gasteiger charge is -2.37. The topological polar surface area (TPSA) is 78.4 Å². The van der Waals surface area contributed by atoms with Crippen LogP contribution in [-0.4, -0.2) is 46.2 Å². The summed E-state index contributed by atoms with van der Waals surface area (Å²) in [6.45, 7) is 0. The lowest BCUT2D eigenvalue weighted by atomic mass is 9.88. The van der Waals surface area contributed by atoms with Crippen LogP contribution in [0.15, 0.2) is 35.0 Å². The van der Waals surface area contributed by atoms with Crippen LogP contribution in [0.2, 0.25) is 0 Å². The molecule has 4 heterocycles. The SMILES string of the molecule is COc1ccc(-c2noc(N3[C@H]4CC[C@H]3CC(c3ccnn3C)C4)n2)cc1OC. The largest absolute Gasteiger partial charge is 0.493 e. The maximum Gasteiger partial charge on any atom is 0.324 e. The van der Waals surface area contributed by atoms with Gasteiger partial charge in [0.2, 0.25) is 5.82 Å². The van der Waals surface area contributed by atoms with Crippen molar-refractivity contribution in [3.63, 3.8) is 0 Å². The molecule has 2 bridgehead atoms. The molecule has 0 N–H and O–H groups in total. The molecule has 0 aliphatic carbocycles. The predicted octanol–water partition coefficient (Wildman–Crippen LogP) is 3.40. The highest BCUT2D eigenvalue weighted by Crippen LogP contribution is 2.45. The Morgan fingerprint density at radius 2 is 1.79 bits per heavy atom. The minimum absolute atomic E-state index is 0.423. The molecule has 2 fully saturated rings. The van der Waals surface area contributed by atoms with E-state index in [9.17, 15) is 0 Å². The van der Waals surface area contributed by atoms with Gasteiger partial charge in [0.25, 0.3) is 0 Å². The lowest BCUT2D eigenvalue weighted by molar-refractivity contribution is 0.348. The number of anilines is 1. The Labute approximate surface area is 169 Å². The van der Waals surface area contributed by atoms with Crippen molar-refractivity contribution in [1.82, 2.24) is 19.9 Å². The number of ether oxygens (including phenoxy) is 2. The van der Waals surface area contributed by atoms with Gasteiger partial charge in [0, 0.05) is 42.5 Å². The van der Waals surface area contributed by atoms with E-state index in [0.29, 0.717) is 41.3 Å². The molecule has 29 heavy (non-hydrogen) atoms. The van der Waals surface area contributed by atoms with E-state index in [1.807, 2.05) is 36.1 Å². The average molecular weight is 395 g/mol. The minimum atomic E-state index is 0.423. The zero-order valence-electron chi connectivity index (χ0n) is 16.9. The van der Waals surface area contributed by atoms with Gasteiger partial charge in [0.15, 0.2) is 11.5 Å². The van der Waals surface area contributed by atoms with Crippen LogP contribution in [-0.2, 0) is 7.05 Å². The van der Waals surface area contributed by atoms with Crippen LogP contribution in [0.4, 0.5) is 6.01 Å². The van der Waals surface area contributed by atoms with Gasteiger partial charge in [-0.2, -0.15) is 10.1 Å². The molecule has 2 aliphatic heterocycles. The second-order valence-corrected chi connectivity index (χ2v) is 7.81. The monoisotopic (exact) mass is 395 g/mol. The first kappa shape index (κ1) is 18.0. The fraction of sp³-hybridized carbons (Fsp3) is 0.476. The minimum Gasteiger partial charge on any atom is -0.493 e. The van der Waals surface area contributed by atoms with Gasteiger partial charge in [-0.1, -0.05) is 5.16 Å². The van der Waals surface area contributed by atoms with Crippen LogP contribution in [0.5, 0.6) is 11.5 Å². The van der Waals surface area contributed by atoms with Gasteiger partial charge in [-0.15, -0.1) is 0 Å². The van der Waals surface area contributed by atoms with Crippen molar-refractivity contribution in [3.8, 4) is 22.9 Å². The Morgan fingerprint density at radius 3 is 2.45 bits per heavy atom. The number of hydrogen-bond donors (Lipinski definition) is 0. The summed E-state index contributed by atoms with van der Waals surface area (Å²) in [6.07, 6.45) is 6.38. The third-order valence-corrected chi connectivity index (χ3v) is 6.29. The van der Waals surface area contributed by atoms with E-state index in [2.05, 4.69) is 21.2 Å². The zero-order chi connectivity index (χ0) is 20.0. The van der Waals surface area contributed by atoms with Crippen molar-refractivity contribution in [3.05, 3.63) is 36.2 Å². The Morgan fingerprint density at radius 1 is 1.03 bits per heavy atom. The molecule has 2 aromatic heterocycles. The molecular formula is C21H25N5O3. The van der Waals surface area contributed by atoms with Gasteiger partial charge in [-0.25, -0.2) is 0 Å². The van der Waals surface area contributed by atoms with Gasteiger partial charge in [-0.3, -0.25) is 4.68 Å². The van der Waals surface area contributed by atoms with E-state index in [1.54, 1.807) is 14.2 Å². The Balaban J connectivity index is 1.38. The molecule has 152 valence electrons. The molecular weight excluding hydrogens is 370 g/mol. The second-order valence-electron chi connectivity index (χ2n) is 7.81. The quantitative estimate of drug-likeness (QED) is 0.655. The lowest BCUT2D eigenvalue weighted by Crippen LogP contribution is -2.42. The third-order valence-electron chi connectivity index (χ3n) is 6.29. The summed E-state index contributed by atoms with van der Waals surface area (Å²) in [4.78, 5) is 7.05. The van der Waals surface area contributed by atoms with Crippen LogP contribution in [0.3, 0.4) is 0 Å². The third kappa shape index (κ3) is 3.03. The van der Waals surface area contributed by atoms with E-state index < -0.39 is 0 Å². The number of benzene rings is 1. The zero-order valence-corrected chi connectivity index (χ0v) is 16.9. The number of rotatable bonds is 5. The van der Waals surface area contributed by atoms with Gasteiger partial charge in [0.1, 0.15) is 0 Å². The van der Waals surface area contributed by atoms with E-state index in [1.165, 1.54) is 5.69 Å². The maximum atomic E-state index is 5.69. The molecule has 3 aromatic rings. The predicted molar refractivity (Wildman–Crippen MR) is 107 cm³/mol. The summed E-state index contributed by atoms with van der Waals surface area (Å²) < 4.78 is 18.4. The van der Waals surface area contributed by atoms with Crippen LogP contribution < -0.4 is 14.4 Å². The van der Waals surface area contributed by atoms with E-state index in [0.717, 1.165) is 31.2 Å². The first-order valence-electron chi connectivity index (χ1n) is 10.00. The summed E-state index contributed by atoms with van der Waals surface area (Å²) >= 11 is 0. The summed E-state index contributed by atoms with van der Waals surface area (Å²) in [5.74, 6) is 2.42. The number of nitrogens with zero attached hydrogens (tertiary/aromatic N) is 5. The van der Waals surface area contributed by atoms with E-state index in [4.69, 9.17) is 19.0 Å². The number of aromatic nitrogens is 4. The van der Waals surface area contributed by atoms with Crippen molar-refractivity contribution in [2.24, 2.45) is 7.05 Å². The molecule has 2 aliphatic rings. The highest BCUT2D eigenvalue weighted by molar-refractivity contribution is 5.61. The molecule has 1 aromatic carbocycles. The Hall–Kier alpha value is -3.03. The average Bonchev–Trinajstić information content (AvgIpc) is 3.45. The van der Waals surface area contributed by atoms with Crippen LogP contribution in [0, 0.1) is 0 Å². The van der Waals surface area contributed by atoms with E-state index in [-0.39, 0.29) is 0 Å². The smallest absolute Gasteiger partial charge is 0.324 e. The Kier molecular flexibility index (Phi) is 4.41. The number of hydrogen-bond acceptors (Lipinski definition) is 7. The van der Waals surface area contributed by atoms with E-state index >= 15 is 0 Å². The maximum absolute atomic E-state index is 5.69. The molecule has 0 radical (unpaired) electrons. The highest BCUT2D eigenvalue weighted by Gasteiger charge is 2.44. The standard InChI is InChI=1S/C21H25N5O3/c1-25-17(8-9-22-25)14-10-15-5-6-16(11-14)26(15)21-23-20(24-29-21)13-4-7-18(27-2)19(12-13)28-3/h4,7-9,12,14-16H,5-6,10-11H2,1-3H3/t15-,16-/m0/s1. The molecule has 0 unspecified atom stereocenters. The van der Waals surface area contributed by atoms with Crippen molar-refractivity contribution in [2.45, 2.75) is 43.7 Å². The molecule has 0 spiro atoms. The summed E-state index contributed by atoms with van der Waals surface area (Å²) in [5, 5.41) is 8.58. The van der Waals surface area contributed by atoms with Gasteiger partial charge < -0.3 is 18.9 Å². The summed E-state index contributed by atoms with van der Waals surface area (Å²) in [5.41, 5.74) is 2.16. The number of methoxy groups -OCH3 is 2. The van der Waals surface area contributed by atoms with Crippen molar-refractivity contribution in [2.75, 3.05) is 19.1 Å². The Bertz CT molecular complexity index is 999. The van der Waals surface area contributed by atoms with Crippen molar-refractivity contribution in [1.29, 1.82) is 0 Å². The van der Waals surface area contributed by atoms with Gasteiger partial charge in [0.05, 0.1) is 14.2 Å². The van der Waals surface area contributed by atoms with Crippen LogP contribution in [0.25, 0.3) is 11.4 Å². The van der Waals surface area contributed by atoms with Gasteiger partial charge in [-0.05, 0) is 49.9 Å². The fourth-order valence-electron chi connectivity index (χ4n) is 4.93. The molecule has 2 atom stereocenters. The molecule has 8 heteroatoms. The molecule has 0 amide bonds. The van der Waals surface area contributed by atoms with Crippen molar-refractivity contribution >= 4 is 6.01 Å². The first-order valence-corrected chi connectivity index (χ1v) is 10.00. The van der Waals surface area contributed by atoms with Crippen molar-refractivity contribution < 1.29 is 14.0 Å². The first-order chi connectivity index (χ1) is 14.2. The highest BCUT2D eigenvalue weighted by atomic mass is 16.5. The molecule has 5 rings (SSSR count). The molecule has 8 nitrogen and oxygen atoms in total. The van der Waals surface area contributed by atoms with Crippen LogP contribution in [0.1, 0.15) is 37.3 Å². The second kappa shape index (κ2) is 7.09. The number of aryl methyl sites for hydroxylation is 1. The van der Waals surface area contributed by atoms with Gasteiger partial charge >= 0.3 is 6.01 Å². The summed E-state index contributed by atoms with van der Waals surface area (Å²) in [6, 6.07) is 9.25. The van der Waals surface area contributed by atoms with Crippen LogP contribution >= 0.6 is 0 Å². The normalized spacial score (nSPS) is 23.4. The number of piperidine rings is 1. The number of fused-ring (bicyclic) bond motifs is 2. The molecule has 0 saturated carbocycles. The molecule has 2 saturated heterocycles. The fourth-order valence-corrected chi connectivity index (χ4v) is 4.93. The summed E-state index contributed by atoms with van der Waals surface area (Å²) in [7, 11) is 5.26.